The van der Waals surface area contributed by atoms with Crippen molar-refractivity contribution in [3.8, 4) is 0 Å². The minimum atomic E-state index is -0.0118. The van der Waals surface area contributed by atoms with Gasteiger partial charge in [-0.1, -0.05) is 24.3 Å². The first-order chi connectivity index (χ1) is 6.81. The van der Waals surface area contributed by atoms with Crippen molar-refractivity contribution in [3.05, 3.63) is 47.5 Å². The molecule has 2 rings (SSSR count). The van der Waals surface area contributed by atoms with Crippen molar-refractivity contribution < 1.29 is 0 Å². The summed E-state index contributed by atoms with van der Waals surface area (Å²) in [4.78, 5) is 0. The quantitative estimate of drug-likeness (QED) is 0.708. The van der Waals surface area contributed by atoms with Crippen LogP contribution in [0.3, 0.4) is 0 Å². The average molecular weight is 187 g/mol. The van der Waals surface area contributed by atoms with Crippen molar-refractivity contribution in [2.45, 2.75) is 31.7 Å². The fourth-order valence-electron chi connectivity index (χ4n) is 2.10. The molecule has 0 heterocycles. The summed E-state index contributed by atoms with van der Waals surface area (Å²) in [5, 5.41) is 0. The maximum absolute atomic E-state index is 5.91. The zero-order chi connectivity index (χ0) is 9.97. The molecule has 1 unspecified atom stereocenters. The number of benzene rings is 1. The predicted octanol–water partition coefficient (Wildman–Crippen LogP) is 2.75. The van der Waals surface area contributed by atoms with Crippen LogP contribution >= 0.6 is 0 Å². The molecule has 1 aromatic carbocycles. The summed E-state index contributed by atoms with van der Waals surface area (Å²) < 4.78 is 0. The van der Waals surface area contributed by atoms with Crippen LogP contribution in [0.2, 0.25) is 0 Å². The minimum Gasteiger partial charge on any atom is -0.321 e. The zero-order valence-electron chi connectivity index (χ0n) is 8.50. The molecular formula is C13H17N. The molecule has 2 N–H and O–H groups in total. The molecule has 1 nitrogen and oxygen atoms in total. The lowest BCUT2D eigenvalue weighted by Gasteiger charge is -2.17. The van der Waals surface area contributed by atoms with Gasteiger partial charge in [0, 0.05) is 6.04 Å². The van der Waals surface area contributed by atoms with Crippen LogP contribution in [0.4, 0.5) is 0 Å². The third-order valence-corrected chi connectivity index (χ3v) is 3.01. The summed E-state index contributed by atoms with van der Waals surface area (Å²) in [6.45, 7) is 3.72. The van der Waals surface area contributed by atoms with E-state index in [1.54, 1.807) is 6.08 Å². The monoisotopic (exact) mass is 187 g/mol. The van der Waals surface area contributed by atoms with Gasteiger partial charge in [-0.25, -0.2) is 0 Å². The minimum absolute atomic E-state index is 0.0118. The molecule has 1 atom stereocenters. The molecule has 0 aromatic heterocycles. The Morgan fingerprint density at radius 2 is 1.93 bits per heavy atom. The standard InChI is InChI=1S/C13H17N/c1-2-13(14)12-8-7-10-5-3-4-6-11(10)9-12/h2,7-9,13H,1,3-6,14H2. The number of fused-ring (bicyclic) bond motifs is 1. The number of nitrogens with two attached hydrogens (primary N) is 1. The van der Waals surface area contributed by atoms with E-state index in [4.69, 9.17) is 5.73 Å². The van der Waals surface area contributed by atoms with Gasteiger partial charge in [-0.05, 0) is 42.4 Å². The van der Waals surface area contributed by atoms with Crippen LogP contribution in [0.5, 0.6) is 0 Å². The van der Waals surface area contributed by atoms with Crippen molar-refractivity contribution in [2.24, 2.45) is 5.73 Å². The fraction of sp³-hybridized carbons (Fsp3) is 0.385. The van der Waals surface area contributed by atoms with Gasteiger partial charge in [0.2, 0.25) is 0 Å². The first-order valence-corrected chi connectivity index (χ1v) is 5.31. The molecule has 0 spiro atoms. The third kappa shape index (κ3) is 1.73. The Bertz CT molecular complexity index is 341. The largest absolute Gasteiger partial charge is 0.321 e. The SMILES string of the molecule is C=CC(N)c1ccc2c(c1)CCCC2. The molecule has 1 aromatic rings. The summed E-state index contributed by atoms with van der Waals surface area (Å²) >= 11 is 0. The molecule has 0 radical (unpaired) electrons. The lowest BCUT2D eigenvalue weighted by atomic mass is 9.89. The van der Waals surface area contributed by atoms with E-state index < -0.39 is 0 Å². The molecule has 1 aliphatic rings. The van der Waals surface area contributed by atoms with Gasteiger partial charge < -0.3 is 5.73 Å². The van der Waals surface area contributed by atoms with E-state index in [0.29, 0.717) is 0 Å². The van der Waals surface area contributed by atoms with E-state index in [1.807, 2.05) is 0 Å². The highest BCUT2D eigenvalue weighted by molar-refractivity contribution is 5.36. The Balaban J connectivity index is 2.33. The van der Waals surface area contributed by atoms with Gasteiger partial charge in [0.25, 0.3) is 0 Å². The first-order valence-electron chi connectivity index (χ1n) is 5.31. The van der Waals surface area contributed by atoms with Gasteiger partial charge in [-0.2, -0.15) is 0 Å². The molecule has 0 fully saturated rings. The van der Waals surface area contributed by atoms with Crippen molar-refractivity contribution >= 4 is 0 Å². The summed E-state index contributed by atoms with van der Waals surface area (Å²) in [5.41, 5.74) is 10.1. The summed E-state index contributed by atoms with van der Waals surface area (Å²) in [5.74, 6) is 0. The molecule has 14 heavy (non-hydrogen) atoms. The van der Waals surface area contributed by atoms with Crippen molar-refractivity contribution in [1.29, 1.82) is 0 Å². The molecule has 74 valence electrons. The fourth-order valence-corrected chi connectivity index (χ4v) is 2.10. The van der Waals surface area contributed by atoms with Crippen LogP contribution < -0.4 is 5.73 Å². The Hall–Kier alpha value is -1.08. The second-order valence-electron chi connectivity index (χ2n) is 4.00. The van der Waals surface area contributed by atoms with Crippen LogP contribution in [-0.2, 0) is 12.8 Å². The van der Waals surface area contributed by atoms with E-state index in [2.05, 4.69) is 24.8 Å². The smallest absolute Gasteiger partial charge is 0.0478 e. The van der Waals surface area contributed by atoms with Crippen LogP contribution in [0.15, 0.2) is 30.9 Å². The van der Waals surface area contributed by atoms with Crippen molar-refractivity contribution in [2.75, 3.05) is 0 Å². The normalized spacial score (nSPS) is 17.2. The van der Waals surface area contributed by atoms with Crippen LogP contribution in [0.25, 0.3) is 0 Å². The van der Waals surface area contributed by atoms with Crippen LogP contribution in [0, 0.1) is 0 Å². The molecule has 1 heteroatoms. The molecule has 0 amide bonds. The van der Waals surface area contributed by atoms with Gasteiger partial charge in [0.15, 0.2) is 0 Å². The maximum atomic E-state index is 5.91. The van der Waals surface area contributed by atoms with Gasteiger partial charge in [-0.15, -0.1) is 6.58 Å². The Kier molecular flexibility index (Phi) is 2.69. The van der Waals surface area contributed by atoms with Gasteiger partial charge in [-0.3, -0.25) is 0 Å². The molecule has 0 aliphatic heterocycles. The lowest BCUT2D eigenvalue weighted by molar-refractivity contribution is 0.683. The average Bonchev–Trinajstić information content (AvgIpc) is 2.27. The highest BCUT2D eigenvalue weighted by Gasteiger charge is 2.10. The first kappa shape index (κ1) is 9.47. The van der Waals surface area contributed by atoms with Crippen molar-refractivity contribution in [1.82, 2.24) is 0 Å². The second kappa shape index (κ2) is 3.97. The van der Waals surface area contributed by atoms with E-state index >= 15 is 0 Å². The number of aryl methyl sites for hydroxylation is 2. The number of hydrogen-bond donors (Lipinski definition) is 1. The van der Waals surface area contributed by atoms with Crippen LogP contribution in [0.1, 0.15) is 35.6 Å². The molecule has 0 saturated heterocycles. The molecule has 0 saturated carbocycles. The van der Waals surface area contributed by atoms with Gasteiger partial charge in [0.05, 0.1) is 0 Å². The topological polar surface area (TPSA) is 26.0 Å². The van der Waals surface area contributed by atoms with Crippen molar-refractivity contribution in [3.63, 3.8) is 0 Å². The summed E-state index contributed by atoms with van der Waals surface area (Å²) in [6.07, 6.45) is 6.90. The van der Waals surface area contributed by atoms with Gasteiger partial charge >= 0.3 is 0 Å². The highest BCUT2D eigenvalue weighted by Crippen LogP contribution is 2.24. The Labute approximate surface area is 85.6 Å². The van der Waals surface area contributed by atoms with E-state index in [9.17, 15) is 0 Å². The zero-order valence-corrected chi connectivity index (χ0v) is 8.50. The Morgan fingerprint density at radius 3 is 2.64 bits per heavy atom. The van der Waals surface area contributed by atoms with Crippen LogP contribution in [-0.4, -0.2) is 0 Å². The molecule has 1 aliphatic carbocycles. The maximum Gasteiger partial charge on any atom is 0.0478 e. The van der Waals surface area contributed by atoms with E-state index in [1.165, 1.54) is 42.4 Å². The molecule has 0 bridgehead atoms. The van der Waals surface area contributed by atoms with Gasteiger partial charge in [0.1, 0.15) is 0 Å². The summed E-state index contributed by atoms with van der Waals surface area (Å²) in [7, 11) is 0. The lowest BCUT2D eigenvalue weighted by Crippen LogP contribution is -2.09. The Morgan fingerprint density at radius 1 is 1.21 bits per heavy atom. The summed E-state index contributed by atoms with van der Waals surface area (Å²) in [6, 6.07) is 6.60. The predicted molar refractivity (Wildman–Crippen MR) is 60.2 cm³/mol. The number of rotatable bonds is 2. The second-order valence-corrected chi connectivity index (χ2v) is 4.00. The highest BCUT2D eigenvalue weighted by atomic mass is 14.6. The molecular weight excluding hydrogens is 170 g/mol. The van der Waals surface area contributed by atoms with E-state index in [-0.39, 0.29) is 6.04 Å². The van der Waals surface area contributed by atoms with E-state index in [0.717, 1.165) is 0 Å². The third-order valence-electron chi connectivity index (χ3n) is 3.01. The number of hydrogen-bond acceptors (Lipinski definition) is 1.